The average Bonchev–Trinajstić information content (AvgIpc) is 2.40. The fourth-order valence-electron chi connectivity index (χ4n) is 1.52. The van der Waals surface area contributed by atoms with Gasteiger partial charge in [0.05, 0.1) is 5.56 Å². The molecule has 92 valence electrons. The lowest BCUT2D eigenvalue weighted by atomic mass is 10.2. The molecule has 18 heavy (non-hydrogen) atoms. The maximum Gasteiger partial charge on any atom is 0.335 e. The van der Waals surface area contributed by atoms with Gasteiger partial charge in [-0.25, -0.2) is 9.78 Å². The van der Waals surface area contributed by atoms with Crippen molar-refractivity contribution in [3.05, 3.63) is 54.0 Å². The minimum absolute atomic E-state index is 0.227. The zero-order valence-corrected chi connectivity index (χ0v) is 9.71. The molecule has 0 saturated heterocycles. The summed E-state index contributed by atoms with van der Waals surface area (Å²) in [5.74, 6) is -0.393. The molecular formula is C13H13N3O2. The number of rotatable bonds is 5. The van der Waals surface area contributed by atoms with Crippen molar-refractivity contribution in [2.45, 2.75) is 6.42 Å². The van der Waals surface area contributed by atoms with Gasteiger partial charge in [0.25, 0.3) is 0 Å². The number of anilines is 1. The first-order valence-electron chi connectivity index (χ1n) is 5.59. The normalized spacial score (nSPS) is 10.0. The highest BCUT2D eigenvalue weighted by Gasteiger charge is 2.03. The summed E-state index contributed by atoms with van der Waals surface area (Å²) in [4.78, 5) is 19.0. The second-order valence-electron chi connectivity index (χ2n) is 3.73. The van der Waals surface area contributed by atoms with Gasteiger partial charge in [-0.15, -0.1) is 0 Å². The van der Waals surface area contributed by atoms with Crippen LogP contribution in [0.15, 0.2) is 42.7 Å². The van der Waals surface area contributed by atoms with Crippen molar-refractivity contribution < 1.29 is 9.90 Å². The smallest absolute Gasteiger partial charge is 0.335 e. The number of carboxylic acid groups (broad SMARTS) is 1. The van der Waals surface area contributed by atoms with E-state index in [2.05, 4.69) is 15.3 Å². The number of hydrogen-bond acceptors (Lipinski definition) is 4. The third kappa shape index (κ3) is 3.28. The molecule has 0 saturated carbocycles. The van der Waals surface area contributed by atoms with Gasteiger partial charge in [0.1, 0.15) is 5.82 Å². The van der Waals surface area contributed by atoms with E-state index in [0.29, 0.717) is 12.4 Å². The third-order valence-corrected chi connectivity index (χ3v) is 2.42. The Labute approximate surface area is 105 Å². The molecule has 2 rings (SSSR count). The second-order valence-corrected chi connectivity index (χ2v) is 3.73. The maximum absolute atomic E-state index is 10.8. The van der Waals surface area contributed by atoms with Crippen molar-refractivity contribution in [3.63, 3.8) is 0 Å². The molecule has 0 aliphatic rings. The minimum atomic E-state index is -0.954. The Morgan fingerprint density at radius 3 is 2.83 bits per heavy atom. The summed E-state index contributed by atoms with van der Waals surface area (Å²) >= 11 is 0. The van der Waals surface area contributed by atoms with Gasteiger partial charge in [0, 0.05) is 31.1 Å². The first kappa shape index (κ1) is 12.0. The van der Waals surface area contributed by atoms with Crippen LogP contribution in [0, 0.1) is 0 Å². The van der Waals surface area contributed by atoms with E-state index < -0.39 is 5.97 Å². The van der Waals surface area contributed by atoms with E-state index in [-0.39, 0.29) is 5.56 Å². The van der Waals surface area contributed by atoms with Gasteiger partial charge >= 0.3 is 5.97 Å². The largest absolute Gasteiger partial charge is 0.478 e. The van der Waals surface area contributed by atoms with Gasteiger partial charge in [0.2, 0.25) is 0 Å². The molecular weight excluding hydrogens is 230 g/mol. The molecule has 2 N–H and O–H groups in total. The average molecular weight is 243 g/mol. The van der Waals surface area contributed by atoms with E-state index >= 15 is 0 Å². The number of pyridine rings is 2. The van der Waals surface area contributed by atoms with Crippen molar-refractivity contribution in [1.82, 2.24) is 9.97 Å². The van der Waals surface area contributed by atoms with E-state index in [1.165, 1.54) is 18.3 Å². The van der Waals surface area contributed by atoms with Crippen molar-refractivity contribution in [2.24, 2.45) is 0 Å². The Balaban J connectivity index is 1.90. The Bertz CT molecular complexity index is 529. The molecule has 5 heteroatoms. The highest BCUT2D eigenvalue weighted by molar-refractivity contribution is 5.88. The Hall–Kier alpha value is -2.43. The topological polar surface area (TPSA) is 75.1 Å². The molecule has 2 heterocycles. The molecule has 0 spiro atoms. The highest BCUT2D eigenvalue weighted by atomic mass is 16.4. The van der Waals surface area contributed by atoms with E-state index in [4.69, 9.17) is 5.11 Å². The highest BCUT2D eigenvalue weighted by Crippen LogP contribution is 2.06. The van der Waals surface area contributed by atoms with Gasteiger partial charge in [-0.3, -0.25) is 4.98 Å². The molecule has 0 fully saturated rings. The molecule has 0 aliphatic heterocycles. The summed E-state index contributed by atoms with van der Waals surface area (Å²) in [7, 11) is 0. The summed E-state index contributed by atoms with van der Waals surface area (Å²) in [6, 6.07) is 8.73. The van der Waals surface area contributed by atoms with Crippen LogP contribution in [0.25, 0.3) is 0 Å². The summed E-state index contributed by atoms with van der Waals surface area (Å²) in [5, 5.41) is 11.9. The van der Waals surface area contributed by atoms with Gasteiger partial charge in [-0.2, -0.15) is 0 Å². The number of carboxylic acids is 1. The van der Waals surface area contributed by atoms with Crippen molar-refractivity contribution in [3.8, 4) is 0 Å². The molecule has 0 aliphatic carbocycles. The summed E-state index contributed by atoms with van der Waals surface area (Å²) in [5.41, 5.74) is 1.21. The summed E-state index contributed by atoms with van der Waals surface area (Å²) in [6.07, 6.45) is 3.99. The van der Waals surface area contributed by atoms with Gasteiger partial charge in [-0.05, 0) is 24.3 Å². The maximum atomic E-state index is 10.8. The van der Waals surface area contributed by atoms with E-state index in [9.17, 15) is 4.79 Å². The van der Waals surface area contributed by atoms with Crippen molar-refractivity contribution >= 4 is 11.8 Å². The van der Waals surface area contributed by atoms with Crippen molar-refractivity contribution in [2.75, 3.05) is 11.9 Å². The quantitative estimate of drug-likeness (QED) is 0.838. The van der Waals surface area contributed by atoms with Crippen LogP contribution in [0.5, 0.6) is 0 Å². The predicted octanol–water partition coefficient (Wildman–Crippen LogP) is 1.83. The molecule has 0 radical (unpaired) electrons. The zero-order valence-electron chi connectivity index (χ0n) is 9.71. The fraction of sp³-hybridized carbons (Fsp3) is 0.154. The fourth-order valence-corrected chi connectivity index (χ4v) is 1.52. The minimum Gasteiger partial charge on any atom is -0.478 e. The molecule has 0 bridgehead atoms. The monoisotopic (exact) mass is 243 g/mol. The number of nitrogens with zero attached hydrogens (tertiary/aromatic N) is 2. The standard InChI is InChI=1S/C13H13N3O2/c17-13(18)10-4-7-15-12(9-10)16-8-5-11-3-1-2-6-14-11/h1-4,6-7,9H,5,8H2,(H,15,16)(H,17,18). The van der Waals surface area contributed by atoms with Crippen LogP contribution in [0.4, 0.5) is 5.82 Å². The number of carbonyl (C=O) groups is 1. The molecule has 0 aromatic carbocycles. The number of aromatic nitrogens is 2. The predicted molar refractivity (Wildman–Crippen MR) is 67.6 cm³/mol. The van der Waals surface area contributed by atoms with Gasteiger partial charge in [-0.1, -0.05) is 6.07 Å². The first-order chi connectivity index (χ1) is 8.75. The van der Waals surface area contributed by atoms with E-state index in [0.717, 1.165) is 12.1 Å². The van der Waals surface area contributed by atoms with E-state index in [1.807, 2.05) is 18.2 Å². The zero-order chi connectivity index (χ0) is 12.8. The van der Waals surface area contributed by atoms with Crippen LogP contribution < -0.4 is 5.32 Å². The lowest BCUT2D eigenvalue weighted by Crippen LogP contribution is -2.08. The Kier molecular flexibility index (Phi) is 3.86. The molecule has 2 aromatic rings. The van der Waals surface area contributed by atoms with Crippen LogP contribution in [0.2, 0.25) is 0 Å². The van der Waals surface area contributed by atoms with Crippen LogP contribution in [0.1, 0.15) is 16.1 Å². The Morgan fingerprint density at radius 2 is 2.11 bits per heavy atom. The van der Waals surface area contributed by atoms with E-state index in [1.54, 1.807) is 6.20 Å². The van der Waals surface area contributed by atoms with Crippen LogP contribution in [-0.4, -0.2) is 27.6 Å². The third-order valence-electron chi connectivity index (χ3n) is 2.42. The number of aromatic carboxylic acids is 1. The van der Waals surface area contributed by atoms with Crippen LogP contribution in [-0.2, 0) is 6.42 Å². The van der Waals surface area contributed by atoms with Crippen molar-refractivity contribution in [1.29, 1.82) is 0 Å². The van der Waals surface area contributed by atoms with Gasteiger partial charge in [0.15, 0.2) is 0 Å². The molecule has 0 unspecified atom stereocenters. The number of nitrogens with one attached hydrogen (secondary N) is 1. The Morgan fingerprint density at radius 1 is 1.22 bits per heavy atom. The second kappa shape index (κ2) is 5.77. The first-order valence-corrected chi connectivity index (χ1v) is 5.59. The molecule has 5 nitrogen and oxygen atoms in total. The summed E-state index contributed by atoms with van der Waals surface area (Å²) in [6.45, 7) is 0.660. The SMILES string of the molecule is O=C(O)c1ccnc(NCCc2ccccn2)c1. The van der Waals surface area contributed by atoms with Gasteiger partial charge < -0.3 is 10.4 Å². The summed E-state index contributed by atoms with van der Waals surface area (Å²) < 4.78 is 0. The lowest BCUT2D eigenvalue weighted by Gasteiger charge is -2.05. The molecule has 2 aromatic heterocycles. The molecule has 0 atom stereocenters. The lowest BCUT2D eigenvalue weighted by molar-refractivity contribution is 0.0697. The van der Waals surface area contributed by atoms with Crippen LogP contribution >= 0.6 is 0 Å². The van der Waals surface area contributed by atoms with Crippen LogP contribution in [0.3, 0.4) is 0 Å². The molecule has 0 amide bonds. The number of hydrogen-bond donors (Lipinski definition) is 2.